The van der Waals surface area contributed by atoms with E-state index >= 15 is 0 Å². The highest BCUT2D eigenvalue weighted by Crippen LogP contribution is 2.14. The van der Waals surface area contributed by atoms with Crippen molar-refractivity contribution in [2.45, 2.75) is 49.9 Å². The minimum atomic E-state index is -1.41. The summed E-state index contributed by atoms with van der Waals surface area (Å²) in [6.45, 7) is 0. The van der Waals surface area contributed by atoms with Gasteiger partial charge in [-0.05, 0) is 36.1 Å². The van der Waals surface area contributed by atoms with Gasteiger partial charge in [0.25, 0.3) is 0 Å². The molecule has 0 spiro atoms. The second kappa shape index (κ2) is 17.5. The molecule has 0 saturated carbocycles. The monoisotopic (exact) mass is 664 g/mol. The number of carboxylic acids is 2. The fourth-order valence-electron chi connectivity index (χ4n) is 4.52. The highest BCUT2D eigenvalue weighted by molar-refractivity contribution is 7.80. The Morgan fingerprint density at radius 2 is 1.17 bits per heavy atom. The van der Waals surface area contributed by atoms with Crippen molar-refractivity contribution in [2.24, 2.45) is 5.73 Å². The van der Waals surface area contributed by atoms with E-state index in [2.05, 4.69) is 28.6 Å². The third-order valence-corrected chi connectivity index (χ3v) is 7.50. The number of hydrogen-bond acceptors (Lipinski definition) is 9. The van der Waals surface area contributed by atoms with Gasteiger partial charge in [-0.3, -0.25) is 24.0 Å². The zero-order valence-corrected chi connectivity index (χ0v) is 26.1. The van der Waals surface area contributed by atoms with Crippen LogP contribution >= 0.6 is 12.6 Å². The van der Waals surface area contributed by atoms with Gasteiger partial charge in [0.2, 0.25) is 17.7 Å². The van der Waals surface area contributed by atoms with E-state index in [0.29, 0.717) is 22.3 Å². The van der Waals surface area contributed by atoms with Crippen molar-refractivity contribution in [1.82, 2.24) is 16.0 Å². The van der Waals surface area contributed by atoms with Crippen LogP contribution in [0.15, 0.2) is 78.9 Å². The molecule has 0 aliphatic carbocycles. The number of benzene rings is 3. The molecular formula is C33H36N4O9S. The Morgan fingerprint density at radius 1 is 0.660 bits per heavy atom. The molecule has 0 saturated heterocycles. The molecule has 0 aliphatic rings. The molecule has 0 unspecified atom stereocenters. The molecule has 3 rings (SSSR count). The highest BCUT2D eigenvalue weighted by Gasteiger charge is 2.30. The lowest BCUT2D eigenvalue weighted by Crippen LogP contribution is -2.58. The van der Waals surface area contributed by atoms with Gasteiger partial charge in [-0.15, -0.1) is 0 Å². The Balaban J connectivity index is 1.72. The third kappa shape index (κ3) is 11.3. The SMILES string of the molecule is N[C@@H](Cc1ccc(C(=O)c2ccccc2)cc1)C(=O)N[C@@H](CCC(=O)O)C(=O)N[C@@H](Cc1ccc(O)cc1)C(=O)N[C@@H](CS)C(=O)O. The van der Waals surface area contributed by atoms with Gasteiger partial charge in [0.1, 0.15) is 23.9 Å². The number of carboxylic acid groups (broad SMARTS) is 2. The number of ketones is 1. The fraction of sp³-hybridized carbons (Fsp3) is 0.273. The predicted octanol–water partition coefficient (Wildman–Crippen LogP) is 1.07. The molecule has 0 aromatic heterocycles. The second-order valence-electron chi connectivity index (χ2n) is 10.7. The molecule has 47 heavy (non-hydrogen) atoms. The highest BCUT2D eigenvalue weighted by atomic mass is 32.1. The number of carbonyl (C=O) groups is 6. The van der Waals surface area contributed by atoms with Gasteiger partial charge in [-0.25, -0.2) is 4.79 Å². The zero-order chi connectivity index (χ0) is 34.5. The first-order chi connectivity index (χ1) is 22.4. The normalized spacial score (nSPS) is 13.3. The van der Waals surface area contributed by atoms with Crippen molar-refractivity contribution in [1.29, 1.82) is 0 Å². The topological polar surface area (TPSA) is 225 Å². The number of aromatic hydroxyl groups is 1. The minimum absolute atomic E-state index is 0.0328. The minimum Gasteiger partial charge on any atom is -0.508 e. The van der Waals surface area contributed by atoms with Crippen LogP contribution in [-0.4, -0.2) is 80.7 Å². The molecule has 3 aromatic carbocycles. The molecule has 4 atom stereocenters. The number of phenolic OH excluding ortho intramolecular Hbond substituents is 1. The van der Waals surface area contributed by atoms with Gasteiger partial charge in [0, 0.05) is 29.7 Å². The molecule has 0 aliphatic heterocycles. The van der Waals surface area contributed by atoms with Gasteiger partial charge in [-0.1, -0.05) is 66.7 Å². The van der Waals surface area contributed by atoms with Gasteiger partial charge in [0.15, 0.2) is 5.78 Å². The van der Waals surface area contributed by atoms with Gasteiger partial charge in [-0.2, -0.15) is 12.6 Å². The summed E-state index contributed by atoms with van der Waals surface area (Å²) >= 11 is 3.94. The summed E-state index contributed by atoms with van der Waals surface area (Å²) in [6, 6.07) is 15.7. The van der Waals surface area contributed by atoms with Crippen LogP contribution in [0.5, 0.6) is 5.75 Å². The summed E-state index contributed by atoms with van der Waals surface area (Å²) in [5, 5.41) is 35.4. The molecular weight excluding hydrogens is 628 g/mol. The molecule has 3 aromatic rings. The molecule has 13 nitrogen and oxygen atoms in total. The average Bonchev–Trinajstić information content (AvgIpc) is 3.06. The first-order valence-electron chi connectivity index (χ1n) is 14.6. The number of nitrogens with two attached hydrogens (primary N) is 1. The van der Waals surface area contributed by atoms with E-state index in [4.69, 9.17) is 5.73 Å². The summed E-state index contributed by atoms with van der Waals surface area (Å²) in [6.07, 6.45) is -0.929. The average molecular weight is 665 g/mol. The summed E-state index contributed by atoms with van der Waals surface area (Å²) in [4.78, 5) is 75.1. The quantitative estimate of drug-likeness (QED) is 0.0757. The molecule has 8 N–H and O–H groups in total. The van der Waals surface area contributed by atoms with E-state index in [-0.39, 0.29) is 36.5 Å². The van der Waals surface area contributed by atoms with Gasteiger partial charge >= 0.3 is 11.9 Å². The Morgan fingerprint density at radius 3 is 1.74 bits per heavy atom. The Kier molecular flexibility index (Phi) is 13.5. The number of amides is 3. The number of aliphatic carboxylic acids is 2. The van der Waals surface area contributed by atoms with E-state index in [9.17, 15) is 44.1 Å². The number of hydrogen-bond donors (Lipinski definition) is 8. The number of rotatable bonds is 17. The predicted molar refractivity (Wildman–Crippen MR) is 174 cm³/mol. The maximum Gasteiger partial charge on any atom is 0.327 e. The van der Waals surface area contributed by atoms with E-state index in [1.807, 2.05) is 0 Å². The second-order valence-corrected chi connectivity index (χ2v) is 11.1. The van der Waals surface area contributed by atoms with Crippen LogP contribution in [0.3, 0.4) is 0 Å². The van der Waals surface area contributed by atoms with Crippen LogP contribution in [0.1, 0.15) is 39.9 Å². The van der Waals surface area contributed by atoms with Gasteiger partial charge in [0.05, 0.1) is 6.04 Å². The molecule has 248 valence electrons. The van der Waals surface area contributed by atoms with Crippen molar-refractivity contribution >= 4 is 48.1 Å². The van der Waals surface area contributed by atoms with Crippen LogP contribution in [-0.2, 0) is 36.8 Å². The lowest BCUT2D eigenvalue weighted by atomic mass is 9.99. The van der Waals surface area contributed by atoms with Crippen LogP contribution in [0.2, 0.25) is 0 Å². The summed E-state index contributed by atoms with van der Waals surface area (Å²) in [5.41, 5.74) is 8.23. The van der Waals surface area contributed by atoms with Crippen LogP contribution in [0.25, 0.3) is 0 Å². The van der Waals surface area contributed by atoms with Gasteiger partial charge < -0.3 is 37.0 Å². The number of nitrogens with one attached hydrogen (secondary N) is 3. The first kappa shape index (κ1) is 36.3. The smallest absolute Gasteiger partial charge is 0.327 e. The lowest BCUT2D eigenvalue weighted by Gasteiger charge is -2.25. The molecule has 0 radical (unpaired) electrons. The van der Waals surface area contributed by atoms with Crippen molar-refractivity contribution in [3.63, 3.8) is 0 Å². The Hall–Kier alpha value is -5.21. The summed E-state index contributed by atoms with van der Waals surface area (Å²) in [5.74, 6) is -5.54. The van der Waals surface area contributed by atoms with Crippen LogP contribution in [0, 0.1) is 0 Å². The molecule has 14 heteroatoms. The Bertz CT molecular complexity index is 1570. The Labute approximate surface area is 276 Å². The number of phenols is 1. The van der Waals surface area contributed by atoms with E-state index in [1.165, 1.54) is 24.3 Å². The first-order valence-corrected chi connectivity index (χ1v) is 15.2. The third-order valence-electron chi connectivity index (χ3n) is 7.13. The van der Waals surface area contributed by atoms with Crippen LogP contribution in [0.4, 0.5) is 0 Å². The van der Waals surface area contributed by atoms with E-state index < -0.39 is 60.2 Å². The molecule has 3 amide bonds. The summed E-state index contributed by atoms with van der Waals surface area (Å²) < 4.78 is 0. The summed E-state index contributed by atoms with van der Waals surface area (Å²) in [7, 11) is 0. The largest absolute Gasteiger partial charge is 0.508 e. The molecule has 0 fully saturated rings. The maximum absolute atomic E-state index is 13.4. The van der Waals surface area contributed by atoms with Crippen molar-refractivity contribution in [3.8, 4) is 5.75 Å². The maximum atomic E-state index is 13.4. The van der Waals surface area contributed by atoms with Crippen molar-refractivity contribution in [3.05, 3.63) is 101 Å². The number of thiol groups is 1. The number of carbonyl (C=O) groups excluding carboxylic acids is 4. The molecule has 0 heterocycles. The van der Waals surface area contributed by atoms with Crippen LogP contribution < -0.4 is 21.7 Å². The molecule has 0 bridgehead atoms. The lowest BCUT2D eigenvalue weighted by molar-refractivity contribution is -0.141. The fourth-order valence-corrected chi connectivity index (χ4v) is 4.76. The standard InChI is InChI=1S/C33H36N4O9S/c34-24(16-19-6-10-22(11-7-19)29(41)21-4-2-1-3-5-21)30(42)35-25(14-15-28(39)40)31(43)36-26(17-20-8-12-23(38)13-9-20)32(44)37-27(18-47)33(45)46/h1-13,24-27,38,47H,14-18,34H2,(H,35,42)(H,36,43)(H,37,44)(H,39,40)(H,45,46)/t24-,25-,26-,27-/m0/s1. The van der Waals surface area contributed by atoms with Crippen molar-refractivity contribution in [2.75, 3.05) is 5.75 Å². The zero-order valence-electron chi connectivity index (χ0n) is 25.2. The van der Waals surface area contributed by atoms with Crippen molar-refractivity contribution < 1.29 is 44.1 Å². The van der Waals surface area contributed by atoms with E-state index in [1.54, 1.807) is 54.6 Å². The van der Waals surface area contributed by atoms with E-state index in [0.717, 1.165) is 0 Å².